The van der Waals surface area contributed by atoms with Gasteiger partial charge in [-0.2, -0.15) is 4.98 Å². The van der Waals surface area contributed by atoms with Crippen molar-refractivity contribution in [1.29, 1.82) is 0 Å². The molecular formula is C17H17N5O. The van der Waals surface area contributed by atoms with Crippen molar-refractivity contribution in [3.05, 3.63) is 70.9 Å². The van der Waals surface area contributed by atoms with Crippen LogP contribution in [0.15, 0.2) is 59.7 Å². The van der Waals surface area contributed by atoms with Crippen molar-refractivity contribution in [3.63, 3.8) is 0 Å². The van der Waals surface area contributed by atoms with Gasteiger partial charge in [0, 0.05) is 0 Å². The van der Waals surface area contributed by atoms with E-state index in [9.17, 15) is 4.79 Å². The number of rotatable bonds is 3. The first kappa shape index (κ1) is 14.9. The number of benzene rings is 2. The molecule has 2 aromatic rings. The van der Waals surface area contributed by atoms with Gasteiger partial charge in [-0.25, -0.2) is 15.6 Å². The lowest BCUT2D eigenvalue weighted by Gasteiger charge is -2.10. The Balaban J connectivity index is 0.000000213. The zero-order chi connectivity index (χ0) is 16.2. The maximum atomic E-state index is 11.8. The van der Waals surface area contributed by atoms with Gasteiger partial charge >= 0.3 is 5.69 Å². The van der Waals surface area contributed by atoms with Gasteiger partial charge in [0.15, 0.2) is 0 Å². The minimum Gasteiger partial charge on any atom is -0.292 e. The fourth-order valence-electron chi connectivity index (χ4n) is 2.28. The molecular weight excluding hydrogens is 290 g/mol. The lowest BCUT2D eigenvalue weighted by atomic mass is 9.95. The highest BCUT2D eigenvalue weighted by Gasteiger charge is 2.06. The van der Waals surface area contributed by atoms with Gasteiger partial charge in [-0.15, -0.1) is 0 Å². The number of para-hydroxylation sites is 1. The minimum atomic E-state index is -0.408. The van der Waals surface area contributed by atoms with Gasteiger partial charge in [0.1, 0.15) is 6.33 Å². The number of nitrogen functional groups attached to an aromatic ring is 1. The fraction of sp³-hybridized carbons (Fsp3) is 0.118. The molecule has 2 aliphatic rings. The van der Waals surface area contributed by atoms with E-state index < -0.39 is 5.69 Å². The Kier molecular flexibility index (Phi) is 4.16. The van der Waals surface area contributed by atoms with Crippen LogP contribution in [0.4, 0.5) is 5.95 Å². The summed E-state index contributed by atoms with van der Waals surface area (Å²) < 4.78 is 1.40. The highest BCUT2D eigenvalue weighted by Crippen LogP contribution is 2.29. The van der Waals surface area contributed by atoms with Gasteiger partial charge in [-0.05, 0) is 29.2 Å². The normalized spacial score (nSPS) is 10.5. The van der Waals surface area contributed by atoms with Crippen molar-refractivity contribution in [2.45, 2.75) is 13.3 Å². The molecule has 0 unspecified atom stereocenters. The first-order valence-corrected chi connectivity index (χ1v) is 7.34. The summed E-state index contributed by atoms with van der Waals surface area (Å²) in [6.45, 7) is 2.03. The number of fused-ring (bicyclic) bond motifs is 1. The van der Waals surface area contributed by atoms with Crippen molar-refractivity contribution in [2.75, 3.05) is 5.43 Å². The van der Waals surface area contributed by atoms with Crippen LogP contribution in [0, 0.1) is 0 Å². The number of hydrogen-bond donors (Lipinski definition) is 2. The SMILES string of the molecule is CCc1ccccc1-n1cnc(NN)nc1=O.c1cc2ccc1-2. The van der Waals surface area contributed by atoms with Crippen molar-refractivity contribution in [3.8, 4) is 16.8 Å². The first-order chi connectivity index (χ1) is 11.2. The van der Waals surface area contributed by atoms with E-state index in [4.69, 9.17) is 5.84 Å². The zero-order valence-corrected chi connectivity index (χ0v) is 12.7. The number of hydrazine groups is 1. The standard InChI is InChI=1S/C11H13N5O.C6H4/c1-2-8-5-3-4-6-9(8)16-7-13-10(15-12)14-11(16)17;1-2-6-4-3-5(1)6/h3-7H,2,12H2,1H3,(H,14,15,17);1-4H. The Morgan fingerprint density at radius 3 is 2.22 bits per heavy atom. The van der Waals surface area contributed by atoms with Crippen LogP contribution in [0.25, 0.3) is 16.8 Å². The van der Waals surface area contributed by atoms with Gasteiger partial charge in [-0.1, -0.05) is 49.4 Å². The number of nitrogens with zero attached hydrogens (tertiary/aromatic N) is 3. The molecule has 0 atom stereocenters. The number of anilines is 1. The second-order valence-electron chi connectivity index (χ2n) is 5.04. The maximum absolute atomic E-state index is 11.8. The van der Waals surface area contributed by atoms with Crippen LogP contribution in [0.3, 0.4) is 0 Å². The Bertz CT molecular complexity index is 850. The highest BCUT2D eigenvalue weighted by atomic mass is 16.1. The zero-order valence-electron chi connectivity index (χ0n) is 12.7. The summed E-state index contributed by atoms with van der Waals surface area (Å²) in [5.41, 5.74) is 6.54. The molecule has 0 fully saturated rings. The van der Waals surface area contributed by atoms with Crippen LogP contribution in [0.2, 0.25) is 0 Å². The number of hydrogen-bond acceptors (Lipinski definition) is 5. The van der Waals surface area contributed by atoms with Gasteiger partial charge in [0.2, 0.25) is 5.95 Å². The molecule has 6 heteroatoms. The van der Waals surface area contributed by atoms with Crippen LogP contribution >= 0.6 is 0 Å². The highest BCUT2D eigenvalue weighted by molar-refractivity contribution is 5.75. The molecule has 2 aliphatic carbocycles. The molecule has 116 valence electrons. The molecule has 0 saturated carbocycles. The van der Waals surface area contributed by atoms with Crippen molar-refractivity contribution in [2.24, 2.45) is 5.84 Å². The molecule has 1 heterocycles. The van der Waals surface area contributed by atoms with E-state index in [1.54, 1.807) is 0 Å². The van der Waals surface area contributed by atoms with E-state index in [2.05, 4.69) is 39.7 Å². The van der Waals surface area contributed by atoms with E-state index in [0.29, 0.717) is 0 Å². The Labute approximate surface area is 133 Å². The van der Waals surface area contributed by atoms with E-state index >= 15 is 0 Å². The van der Waals surface area contributed by atoms with Gasteiger partial charge in [-0.3, -0.25) is 9.99 Å². The first-order valence-electron chi connectivity index (χ1n) is 7.34. The van der Waals surface area contributed by atoms with E-state index in [0.717, 1.165) is 17.7 Å². The molecule has 4 rings (SSSR count). The maximum Gasteiger partial charge on any atom is 0.356 e. The molecule has 0 radical (unpaired) electrons. The molecule has 3 N–H and O–H groups in total. The Morgan fingerprint density at radius 1 is 1.09 bits per heavy atom. The molecule has 1 aromatic heterocycles. The predicted octanol–water partition coefficient (Wildman–Crippen LogP) is 2.14. The Morgan fingerprint density at radius 2 is 1.74 bits per heavy atom. The predicted molar refractivity (Wildman–Crippen MR) is 90.3 cm³/mol. The van der Waals surface area contributed by atoms with Gasteiger partial charge < -0.3 is 0 Å². The second-order valence-corrected chi connectivity index (χ2v) is 5.04. The summed E-state index contributed by atoms with van der Waals surface area (Å²) in [7, 11) is 0. The topological polar surface area (TPSA) is 85.8 Å². The van der Waals surface area contributed by atoms with Crippen LogP contribution < -0.4 is 17.0 Å². The summed E-state index contributed by atoms with van der Waals surface area (Å²) in [6.07, 6.45) is 2.25. The third-order valence-electron chi connectivity index (χ3n) is 3.68. The molecule has 23 heavy (non-hydrogen) atoms. The second kappa shape index (κ2) is 6.41. The van der Waals surface area contributed by atoms with E-state index in [1.165, 1.54) is 22.0 Å². The van der Waals surface area contributed by atoms with E-state index in [1.807, 2.05) is 31.2 Å². The number of aromatic nitrogens is 3. The average molecular weight is 307 g/mol. The third-order valence-corrected chi connectivity index (χ3v) is 3.68. The molecule has 6 nitrogen and oxygen atoms in total. The summed E-state index contributed by atoms with van der Waals surface area (Å²) in [6, 6.07) is 16.1. The molecule has 0 aliphatic heterocycles. The quantitative estimate of drug-likeness (QED) is 0.447. The smallest absolute Gasteiger partial charge is 0.292 e. The average Bonchev–Trinajstić information content (AvgIpc) is 2.58. The lowest BCUT2D eigenvalue weighted by Crippen LogP contribution is -2.25. The summed E-state index contributed by atoms with van der Waals surface area (Å²) in [5, 5.41) is 0. The van der Waals surface area contributed by atoms with Crippen molar-refractivity contribution < 1.29 is 0 Å². The Hall–Kier alpha value is -2.99. The van der Waals surface area contributed by atoms with Crippen molar-refractivity contribution >= 4 is 5.95 Å². The summed E-state index contributed by atoms with van der Waals surface area (Å²) >= 11 is 0. The lowest BCUT2D eigenvalue weighted by molar-refractivity contribution is 0.847. The largest absolute Gasteiger partial charge is 0.356 e. The number of nitrogens with two attached hydrogens (primary N) is 1. The van der Waals surface area contributed by atoms with Gasteiger partial charge in [0.25, 0.3) is 0 Å². The van der Waals surface area contributed by atoms with Crippen molar-refractivity contribution in [1.82, 2.24) is 14.5 Å². The minimum absolute atomic E-state index is 0.111. The molecule has 1 aromatic carbocycles. The summed E-state index contributed by atoms with van der Waals surface area (Å²) in [4.78, 5) is 19.4. The monoisotopic (exact) mass is 307 g/mol. The third kappa shape index (κ3) is 2.97. The van der Waals surface area contributed by atoms with Crippen LogP contribution in [0.1, 0.15) is 12.5 Å². The summed E-state index contributed by atoms with van der Waals surface area (Å²) in [5.74, 6) is 5.25. The molecule has 0 saturated heterocycles. The van der Waals surface area contributed by atoms with Gasteiger partial charge in [0.05, 0.1) is 5.69 Å². The van der Waals surface area contributed by atoms with Crippen LogP contribution in [-0.4, -0.2) is 14.5 Å². The van der Waals surface area contributed by atoms with Crippen LogP contribution in [-0.2, 0) is 6.42 Å². The molecule has 0 bridgehead atoms. The number of nitrogens with one attached hydrogen (secondary N) is 1. The number of aryl methyl sites for hydroxylation is 1. The van der Waals surface area contributed by atoms with E-state index in [-0.39, 0.29) is 5.95 Å². The molecule has 0 spiro atoms. The van der Waals surface area contributed by atoms with Crippen LogP contribution in [0.5, 0.6) is 0 Å². The fourth-order valence-corrected chi connectivity index (χ4v) is 2.28. The molecule has 0 amide bonds.